The third-order valence-electron chi connectivity index (χ3n) is 4.45. The molecule has 0 saturated carbocycles. The van der Waals surface area contributed by atoms with Crippen molar-refractivity contribution in [2.45, 2.75) is 18.7 Å². The van der Waals surface area contributed by atoms with E-state index >= 15 is 0 Å². The number of carbonyl (C=O) groups is 2. The van der Waals surface area contributed by atoms with Gasteiger partial charge < -0.3 is 5.32 Å². The van der Waals surface area contributed by atoms with Crippen LogP contribution in [0.1, 0.15) is 24.2 Å². The van der Waals surface area contributed by atoms with Crippen LogP contribution in [-0.2, 0) is 24.8 Å². The van der Waals surface area contributed by atoms with Gasteiger partial charge in [-0.1, -0.05) is 11.6 Å². The normalized spacial score (nSPS) is 17.7. The SMILES string of the molecule is CC1(C)CS(=O)(=O)N(c2cc(C(=O)Nc3ccc(S(N)(=O)=O)cc3)ccc2Cl)C1=O. The number of rotatable bonds is 4. The topological polar surface area (TPSA) is 144 Å². The van der Waals surface area contributed by atoms with Crippen LogP contribution < -0.4 is 14.8 Å². The molecule has 0 aromatic heterocycles. The second-order valence-corrected chi connectivity index (χ2v) is 11.2. The molecule has 0 bridgehead atoms. The van der Waals surface area contributed by atoms with E-state index in [9.17, 15) is 26.4 Å². The number of hydrogen-bond acceptors (Lipinski definition) is 6. The van der Waals surface area contributed by atoms with Gasteiger partial charge in [0.15, 0.2) is 0 Å². The van der Waals surface area contributed by atoms with Crippen LogP contribution in [0.4, 0.5) is 11.4 Å². The number of anilines is 2. The Morgan fingerprint density at radius 3 is 2.27 bits per heavy atom. The van der Waals surface area contributed by atoms with E-state index in [4.69, 9.17) is 16.7 Å². The van der Waals surface area contributed by atoms with Gasteiger partial charge in [0.2, 0.25) is 26.0 Å². The predicted molar refractivity (Wildman–Crippen MR) is 112 cm³/mol. The standard InChI is InChI=1S/C18H18ClN3O6S2/c1-18(2)10-29(25,26)22(17(18)24)15-9-11(3-8-14(15)19)16(23)21-12-4-6-13(7-5-12)30(20,27)28/h3-9H,10H2,1-2H3,(H,21,23)(H2,20,27,28). The van der Waals surface area contributed by atoms with Crippen LogP contribution in [0.2, 0.25) is 5.02 Å². The molecule has 3 rings (SSSR count). The van der Waals surface area contributed by atoms with Crippen LogP contribution in [0.3, 0.4) is 0 Å². The van der Waals surface area contributed by atoms with Gasteiger partial charge in [-0.2, -0.15) is 0 Å². The highest BCUT2D eigenvalue weighted by Gasteiger charge is 2.50. The number of primary sulfonamides is 1. The molecular formula is C18H18ClN3O6S2. The Morgan fingerprint density at radius 1 is 1.17 bits per heavy atom. The lowest BCUT2D eigenvalue weighted by Crippen LogP contribution is -2.33. The molecule has 2 aromatic carbocycles. The molecule has 12 heteroatoms. The van der Waals surface area contributed by atoms with Crippen LogP contribution in [-0.4, -0.2) is 34.4 Å². The van der Waals surface area contributed by atoms with Crippen molar-refractivity contribution in [3.8, 4) is 0 Å². The fourth-order valence-corrected chi connectivity index (χ4v) is 5.87. The van der Waals surface area contributed by atoms with Gasteiger partial charge in [0, 0.05) is 11.3 Å². The summed E-state index contributed by atoms with van der Waals surface area (Å²) in [6.07, 6.45) is 0. The van der Waals surface area contributed by atoms with Crippen LogP contribution in [0.5, 0.6) is 0 Å². The molecule has 1 aliphatic heterocycles. The lowest BCUT2D eigenvalue weighted by atomic mass is 9.95. The molecule has 3 N–H and O–H groups in total. The summed E-state index contributed by atoms with van der Waals surface area (Å²) < 4.78 is 48.3. The number of amides is 2. The first-order chi connectivity index (χ1) is 13.7. The summed E-state index contributed by atoms with van der Waals surface area (Å²) in [5, 5.41) is 7.58. The van der Waals surface area contributed by atoms with Crippen molar-refractivity contribution in [2.24, 2.45) is 10.6 Å². The number of benzene rings is 2. The predicted octanol–water partition coefficient (Wildman–Crippen LogP) is 1.94. The Kier molecular flexibility index (Phi) is 5.44. The summed E-state index contributed by atoms with van der Waals surface area (Å²) in [4.78, 5) is 25.1. The van der Waals surface area contributed by atoms with E-state index in [1.165, 1.54) is 56.3 Å². The highest BCUT2D eigenvalue weighted by Crippen LogP contribution is 2.39. The molecule has 0 spiro atoms. The van der Waals surface area contributed by atoms with E-state index in [-0.39, 0.29) is 32.6 Å². The Bertz CT molecular complexity index is 1260. The molecule has 30 heavy (non-hydrogen) atoms. The summed E-state index contributed by atoms with van der Waals surface area (Å²) in [7, 11) is -7.81. The second-order valence-electron chi connectivity index (χ2n) is 7.40. The number of sulfonamides is 2. The van der Waals surface area contributed by atoms with Crippen molar-refractivity contribution < 1.29 is 26.4 Å². The fraction of sp³-hybridized carbons (Fsp3) is 0.222. The fourth-order valence-electron chi connectivity index (χ4n) is 2.98. The van der Waals surface area contributed by atoms with E-state index < -0.39 is 37.3 Å². The first-order valence-corrected chi connectivity index (χ1v) is 12.1. The Morgan fingerprint density at radius 2 is 1.77 bits per heavy atom. The van der Waals surface area contributed by atoms with Crippen LogP contribution in [0.25, 0.3) is 0 Å². The Labute approximate surface area is 178 Å². The third kappa shape index (κ3) is 4.19. The second kappa shape index (κ2) is 7.34. The molecule has 0 aliphatic carbocycles. The Hall–Kier alpha value is -2.47. The molecule has 0 radical (unpaired) electrons. The van der Waals surface area contributed by atoms with Gasteiger partial charge in [-0.15, -0.1) is 0 Å². The average molecular weight is 472 g/mol. The lowest BCUT2D eigenvalue weighted by molar-refractivity contribution is -0.123. The van der Waals surface area contributed by atoms with E-state index in [0.717, 1.165) is 0 Å². The zero-order valence-corrected chi connectivity index (χ0v) is 18.3. The molecule has 2 aromatic rings. The number of carbonyl (C=O) groups excluding carboxylic acids is 2. The number of hydrogen-bond donors (Lipinski definition) is 2. The minimum atomic E-state index is -3.94. The largest absolute Gasteiger partial charge is 0.322 e. The molecule has 2 amide bonds. The van der Waals surface area contributed by atoms with Gasteiger partial charge in [0.25, 0.3) is 5.91 Å². The minimum absolute atomic E-state index is 0.00122. The molecule has 160 valence electrons. The molecule has 1 saturated heterocycles. The van der Waals surface area contributed by atoms with Crippen molar-refractivity contribution in [3.63, 3.8) is 0 Å². The van der Waals surface area contributed by atoms with Gasteiger partial charge in [-0.05, 0) is 56.3 Å². The summed E-state index contributed by atoms with van der Waals surface area (Å²) in [5.74, 6) is -1.62. The maximum Gasteiger partial charge on any atom is 0.255 e. The molecular weight excluding hydrogens is 454 g/mol. The van der Waals surface area contributed by atoms with Crippen LogP contribution in [0.15, 0.2) is 47.4 Å². The number of nitrogens with one attached hydrogen (secondary N) is 1. The zero-order chi connectivity index (χ0) is 22.5. The van der Waals surface area contributed by atoms with Crippen molar-refractivity contribution in [3.05, 3.63) is 53.1 Å². The summed E-state index contributed by atoms with van der Waals surface area (Å²) in [6.45, 7) is 3.03. The van der Waals surface area contributed by atoms with Crippen molar-refractivity contribution in [2.75, 3.05) is 15.4 Å². The zero-order valence-electron chi connectivity index (χ0n) is 15.9. The van der Waals surface area contributed by atoms with Crippen LogP contribution in [0, 0.1) is 5.41 Å². The molecule has 0 atom stereocenters. The number of nitrogens with zero attached hydrogens (tertiary/aromatic N) is 1. The average Bonchev–Trinajstić information content (AvgIpc) is 2.78. The van der Waals surface area contributed by atoms with Gasteiger partial charge in [-0.3, -0.25) is 9.59 Å². The molecule has 1 heterocycles. The van der Waals surface area contributed by atoms with Gasteiger partial charge in [0.05, 0.1) is 26.8 Å². The highest BCUT2D eigenvalue weighted by atomic mass is 35.5. The van der Waals surface area contributed by atoms with Crippen molar-refractivity contribution in [1.29, 1.82) is 0 Å². The molecule has 0 unspecified atom stereocenters. The first kappa shape index (κ1) is 22.2. The van der Waals surface area contributed by atoms with E-state index in [1.807, 2.05) is 0 Å². The maximum atomic E-state index is 12.6. The quantitative estimate of drug-likeness (QED) is 0.697. The molecule has 1 aliphatic rings. The van der Waals surface area contributed by atoms with Crippen molar-refractivity contribution >= 4 is 54.8 Å². The summed E-state index contributed by atoms with van der Waals surface area (Å²) in [6, 6.07) is 9.08. The van der Waals surface area contributed by atoms with Crippen LogP contribution >= 0.6 is 11.6 Å². The summed E-state index contributed by atoms with van der Waals surface area (Å²) >= 11 is 6.13. The lowest BCUT2D eigenvalue weighted by Gasteiger charge is -2.19. The first-order valence-electron chi connectivity index (χ1n) is 8.54. The van der Waals surface area contributed by atoms with E-state index in [2.05, 4.69) is 5.32 Å². The smallest absolute Gasteiger partial charge is 0.255 e. The van der Waals surface area contributed by atoms with E-state index in [1.54, 1.807) is 0 Å². The molecule has 9 nitrogen and oxygen atoms in total. The van der Waals surface area contributed by atoms with Crippen molar-refractivity contribution in [1.82, 2.24) is 0 Å². The number of nitrogens with two attached hydrogens (primary N) is 1. The molecule has 1 fully saturated rings. The van der Waals surface area contributed by atoms with Gasteiger partial charge in [-0.25, -0.2) is 26.3 Å². The van der Waals surface area contributed by atoms with Gasteiger partial charge >= 0.3 is 0 Å². The van der Waals surface area contributed by atoms with Gasteiger partial charge in [0.1, 0.15) is 0 Å². The summed E-state index contributed by atoms with van der Waals surface area (Å²) in [5.41, 5.74) is -0.886. The highest BCUT2D eigenvalue weighted by molar-refractivity contribution is 7.94. The minimum Gasteiger partial charge on any atom is -0.322 e. The maximum absolute atomic E-state index is 12.6. The third-order valence-corrected chi connectivity index (χ3v) is 7.71. The Balaban J connectivity index is 1.92. The van der Waals surface area contributed by atoms with E-state index in [0.29, 0.717) is 4.31 Å². The number of halogens is 1. The monoisotopic (exact) mass is 471 g/mol.